The van der Waals surface area contributed by atoms with Gasteiger partial charge in [0.2, 0.25) is 5.78 Å². The predicted molar refractivity (Wildman–Crippen MR) is 89.6 cm³/mol. The quantitative estimate of drug-likeness (QED) is 0.706. The van der Waals surface area contributed by atoms with Crippen molar-refractivity contribution < 1.29 is 4.74 Å². The standard InChI is InChI=1S/C16H21N5O3/c1-4-19-14(22)12-13(18(3)16(19)23)17-15-20(10(2)8-21(12)15)9-11-6-5-7-24-11/h8,11H,4-7,9H2,1-3H3/t11-/m1/s1. The third-order valence-electron chi connectivity index (χ3n) is 4.87. The van der Waals surface area contributed by atoms with Gasteiger partial charge in [-0.15, -0.1) is 0 Å². The second-order valence-electron chi connectivity index (χ2n) is 6.36. The molecular formula is C16H21N5O3. The summed E-state index contributed by atoms with van der Waals surface area (Å²) in [6, 6.07) is 0. The van der Waals surface area contributed by atoms with Crippen molar-refractivity contribution in [3.63, 3.8) is 0 Å². The van der Waals surface area contributed by atoms with Crippen molar-refractivity contribution in [2.24, 2.45) is 7.05 Å². The highest BCUT2D eigenvalue weighted by atomic mass is 16.5. The molecule has 0 bridgehead atoms. The molecule has 1 aliphatic heterocycles. The summed E-state index contributed by atoms with van der Waals surface area (Å²) in [5, 5.41) is 0. The van der Waals surface area contributed by atoms with Crippen LogP contribution in [0.25, 0.3) is 16.9 Å². The van der Waals surface area contributed by atoms with Crippen LogP contribution in [0.4, 0.5) is 0 Å². The largest absolute Gasteiger partial charge is 0.376 e. The van der Waals surface area contributed by atoms with Crippen LogP contribution in [0.1, 0.15) is 25.5 Å². The van der Waals surface area contributed by atoms with E-state index in [2.05, 4.69) is 9.55 Å². The Morgan fingerprint density at radius 2 is 2.12 bits per heavy atom. The average molecular weight is 331 g/mol. The molecule has 0 N–H and O–H groups in total. The van der Waals surface area contributed by atoms with Crippen molar-refractivity contribution >= 4 is 16.9 Å². The van der Waals surface area contributed by atoms with E-state index in [-0.39, 0.29) is 17.4 Å². The molecule has 0 amide bonds. The second kappa shape index (κ2) is 5.34. The number of aryl methyl sites for hydroxylation is 2. The summed E-state index contributed by atoms with van der Waals surface area (Å²) in [5.74, 6) is 0.680. The number of imidazole rings is 2. The molecule has 8 heteroatoms. The zero-order chi connectivity index (χ0) is 17.0. The lowest BCUT2D eigenvalue weighted by molar-refractivity contribution is 0.0974. The van der Waals surface area contributed by atoms with Crippen molar-refractivity contribution in [2.75, 3.05) is 6.61 Å². The molecule has 3 aromatic heterocycles. The van der Waals surface area contributed by atoms with Gasteiger partial charge in [-0.2, -0.15) is 4.98 Å². The van der Waals surface area contributed by atoms with E-state index in [4.69, 9.17) is 4.74 Å². The lowest BCUT2D eigenvalue weighted by Crippen LogP contribution is -2.38. The Labute approximate surface area is 137 Å². The Hall–Kier alpha value is -2.35. The van der Waals surface area contributed by atoms with Crippen molar-refractivity contribution in [1.29, 1.82) is 0 Å². The average Bonchev–Trinajstić information content (AvgIpc) is 3.24. The van der Waals surface area contributed by atoms with E-state index >= 15 is 0 Å². The van der Waals surface area contributed by atoms with Gasteiger partial charge in [-0.3, -0.25) is 18.3 Å². The van der Waals surface area contributed by atoms with Crippen LogP contribution in [-0.2, 0) is 24.9 Å². The minimum absolute atomic E-state index is 0.177. The van der Waals surface area contributed by atoms with Crippen molar-refractivity contribution in [3.05, 3.63) is 32.7 Å². The molecule has 24 heavy (non-hydrogen) atoms. The Morgan fingerprint density at radius 3 is 2.79 bits per heavy atom. The summed E-state index contributed by atoms with van der Waals surface area (Å²) in [6.45, 7) is 5.63. The molecule has 0 radical (unpaired) electrons. The number of ether oxygens (including phenoxy) is 1. The van der Waals surface area contributed by atoms with Crippen molar-refractivity contribution in [2.45, 2.75) is 45.9 Å². The van der Waals surface area contributed by atoms with Crippen LogP contribution >= 0.6 is 0 Å². The van der Waals surface area contributed by atoms with Crippen molar-refractivity contribution in [3.8, 4) is 0 Å². The highest BCUT2D eigenvalue weighted by molar-refractivity contribution is 5.75. The number of nitrogens with zero attached hydrogens (tertiary/aromatic N) is 5. The summed E-state index contributed by atoms with van der Waals surface area (Å²) in [5.41, 5.74) is 1.26. The first-order valence-electron chi connectivity index (χ1n) is 8.32. The number of aromatic nitrogens is 5. The molecule has 1 atom stereocenters. The zero-order valence-corrected chi connectivity index (χ0v) is 14.2. The predicted octanol–water partition coefficient (Wildman–Crippen LogP) is 0.657. The minimum Gasteiger partial charge on any atom is -0.376 e. The van der Waals surface area contributed by atoms with Crippen LogP contribution in [0, 0.1) is 6.92 Å². The smallest absolute Gasteiger partial charge is 0.332 e. The maximum absolute atomic E-state index is 12.7. The van der Waals surface area contributed by atoms with Crippen LogP contribution in [0.5, 0.6) is 0 Å². The summed E-state index contributed by atoms with van der Waals surface area (Å²) in [6.07, 6.45) is 4.19. The van der Waals surface area contributed by atoms with Crippen LogP contribution in [0.2, 0.25) is 0 Å². The molecule has 4 rings (SSSR count). The molecule has 0 aliphatic carbocycles. The van der Waals surface area contributed by atoms with Crippen LogP contribution < -0.4 is 11.2 Å². The highest BCUT2D eigenvalue weighted by Crippen LogP contribution is 2.20. The van der Waals surface area contributed by atoms with E-state index in [1.165, 1.54) is 9.13 Å². The van der Waals surface area contributed by atoms with Gasteiger partial charge < -0.3 is 9.30 Å². The Bertz CT molecular complexity index is 1050. The minimum atomic E-state index is -0.335. The van der Waals surface area contributed by atoms with Crippen LogP contribution in [0.15, 0.2) is 15.8 Å². The van der Waals surface area contributed by atoms with Gasteiger partial charge in [0.25, 0.3) is 5.56 Å². The molecule has 0 unspecified atom stereocenters. The molecule has 0 saturated carbocycles. The molecule has 1 fully saturated rings. The molecule has 4 heterocycles. The van der Waals surface area contributed by atoms with Crippen LogP contribution in [-0.4, -0.2) is 35.8 Å². The van der Waals surface area contributed by atoms with Gasteiger partial charge in [0.15, 0.2) is 11.2 Å². The Kier molecular flexibility index (Phi) is 3.38. The van der Waals surface area contributed by atoms with E-state index < -0.39 is 0 Å². The summed E-state index contributed by atoms with van der Waals surface area (Å²) in [7, 11) is 1.65. The van der Waals surface area contributed by atoms with Gasteiger partial charge in [-0.05, 0) is 26.7 Å². The first kappa shape index (κ1) is 15.2. The number of rotatable bonds is 3. The third-order valence-corrected chi connectivity index (χ3v) is 4.87. The van der Waals surface area contributed by atoms with Crippen LogP contribution in [0.3, 0.4) is 0 Å². The first-order chi connectivity index (χ1) is 11.5. The number of fused-ring (bicyclic) bond motifs is 3. The normalized spacial score (nSPS) is 18.2. The lowest BCUT2D eigenvalue weighted by atomic mass is 10.2. The molecule has 1 saturated heterocycles. The zero-order valence-electron chi connectivity index (χ0n) is 14.2. The van der Waals surface area contributed by atoms with E-state index in [0.29, 0.717) is 30.0 Å². The van der Waals surface area contributed by atoms with Gasteiger partial charge >= 0.3 is 5.69 Å². The number of hydrogen-bond acceptors (Lipinski definition) is 4. The fourth-order valence-corrected chi connectivity index (χ4v) is 3.55. The first-order valence-corrected chi connectivity index (χ1v) is 8.32. The van der Waals surface area contributed by atoms with Gasteiger partial charge in [-0.1, -0.05) is 0 Å². The molecule has 3 aromatic rings. The molecule has 0 aromatic carbocycles. The maximum atomic E-state index is 12.7. The van der Waals surface area contributed by atoms with E-state index in [0.717, 1.165) is 25.1 Å². The fourth-order valence-electron chi connectivity index (χ4n) is 3.55. The molecule has 8 nitrogen and oxygen atoms in total. The third kappa shape index (κ3) is 1.99. The number of hydrogen-bond donors (Lipinski definition) is 0. The SMILES string of the molecule is CCn1c(=O)c2c(nc3n(C[C@H]4CCCO4)c(C)cn23)n(C)c1=O. The molecule has 1 aliphatic rings. The lowest BCUT2D eigenvalue weighted by Gasteiger charge is -2.11. The van der Waals surface area contributed by atoms with E-state index in [9.17, 15) is 9.59 Å². The molecule has 128 valence electrons. The van der Waals surface area contributed by atoms with Crippen molar-refractivity contribution in [1.82, 2.24) is 23.1 Å². The second-order valence-corrected chi connectivity index (χ2v) is 6.36. The topological polar surface area (TPSA) is 75.5 Å². The summed E-state index contributed by atoms with van der Waals surface area (Å²) in [4.78, 5) is 29.6. The fraction of sp³-hybridized carbons (Fsp3) is 0.562. The Morgan fingerprint density at radius 1 is 1.33 bits per heavy atom. The summed E-state index contributed by atoms with van der Waals surface area (Å²) >= 11 is 0. The molecular weight excluding hydrogens is 310 g/mol. The monoisotopic (exact) mass is 331 g/mol. The molecule has 0 spiro atoms. The van der Waals surface area contributed by atoms with E-state index in [1.807, 2.05) is 13.1 Å². The summed E-state index contributed by atoms with van der Waals surface area (Å²) < 4.78 is 12.3. The highest BCUT2D eigenvalue weighted by Gasteiger charge is 2.22. The van der Waals surface area contributed by atoms with Gasteiger partial charge in [0.1, 0.15) is 0 Å². The maximum Gasteiger partial charge on any atom is 0.332 e. The van der Waals surface area contributed by atoms with Gasteiger partial charge in [0, 0.05) is 32.1 Å². The Balaban J connectivity index is 2.01. The van der Waals surface area contributed by atoms with E-state index in [1.54, 1.807) is 18.4 Å². The van der Waals surface area contributed by atoms with Gasteiger partial charge in [0.05, 0.1) is 12.6 Å². The van der Waals surface area contributed by atoms with Gasteiger partial charge in [-0.25, -0.2) is 4.79 Å².